The SMILES string of the molecule is CCC(CC)N(CCN(C)C(=O)OC(C)(C)C)Cc1cccc(C(=O)Nc2ccc(OC)nc2C(=O)Nc2ccc(CN(C)Cc3ccc(C(=O)NC(CO)(CO)CO)cc3)cc2)c1. The summed E-state index contributed by atoms with van der Waals surface area (Å²) < 4.78 is 10.9. The van der Waals surface area contributed by atoms with E-state index in [0.717, 1.165) is 29.5 Å². The number of aliphatic hydroxyl groups is 3. The monoisotopic (exact) mass is 883 g/mol. The Bertz CT molecular complexity index is 2140. The lowest BCUT2D eigenvalue weighted by molar-refractivity contribution is 0.0269. The molecule has 3 aromatic carbocycles. The molecule has 0 aliphatic carbocycles. The molecule has 0 spiro atoms. The number of ether oxygens (including phenoxy) is 2. The Morgan fingerprint density at radius 2 is 1.31 bits per heavy atom. The number of rotatable bonds is 22. The van der Waals surface area contributed by atoms with Gasteiger partial charge in [0, 0.05) is 68.7 Å². The Labute approximate surface area is 376 Å². The number of nitrogens with one attached hydrogen (secondary N) is 3. The first kappa shape index (κ1) is 50.7. The molecule has 1 heterocycles. The molecule has 0 aliphatic rings. The van der Waals surface area contributed by atoms with Crippen LogP contribution in [-0.2, 0) is 24.4 Å². The second-order valence-corrected chi connectivity index (χ2v) is 17.0. The molecule has 16 nitrogen and oxygen atoms in total. The van der Waals surface area contributed by atoms with Crippen LogP contribution in [0.1, 0.15) is 95.4 Å². The molecule has 346 valence electrons. The fraction of sp³-hybridized carbons (Fsp3) is 0.438. The number of methoxy groups -OCH3 is 1. The van der Waals surface area contributed by atoms with Crippen molar-refractivity contribution in [3.63, 3.8) is 0 Å². The van der Waals surface area contributed by atoms with Crippen LogP contribution in [0.25, 0.3) is 0 Å². The number of hydrogen-bond acceptors (Lipinski definition) is 12. The molecule has 0 unspecified atom stereocenters. The molecule has 16 heteroatoms. The molecule has 4 rings (SSSR count). The number of anilines is 2. The zero-order valence-electron chi connectivity index (χ0n) is 38.3. The average Bonchev–Trinajstić information content (AvgIpc) is 3.28. The number of benzene rings is 3. The Balaban J connectivity index is 1.39. The molecular formula is C48H65N7O9. The van der Waals surface area contributed by atoms with Gasteiger partial charge in [-0.1, -0.05) is 50.2 Å². The van der Waals surface area contributed by atoms with Gasteiger partial charge in [0.15, 0.2) is 5.69 Å². The van der Waals surface area contributed by atoms with Gasteiger partial charge in [-0.05, 0) is 99.8 Å². The lowest BCUT2D eigenvalue weighted by atomic mass is 10.0. The molecule has 0 saturated heterocycles. The smallest absolute Gasteiger partial charge is 0.410 e. The molecule has 0 fully saturated rings. The van der Waals surface area contributed by atoms with Crippen LogP contribution in [0.15, 0.2) is 84.9 Å². The van der Waals surface area contributed by atoms with Crippen molar-refractivity contribution < 1.29 is 44.0 Å². The summed E-state index contributed by atoms with van der Waals surface area (Å²) in [4.78, 5) is 63.1. The van der Waals surface area contributed by atoms with E-state index in [4.69, 9.17) is 9.47 Å². The van der Waals surface area contributed by atoms with Crippen molar-refractivity contribution in [2.24, 2.45) is 0 Å². The minimum absolute atomic E-state index is 0.0281. The number of carbonyl (C=O) groups is 4. The molecule has 6 N–H and O–H groups in total. The third-order valence-electron chi connectivity index (χ3n) is 10.6. The van der Waals surface area contributed by atoms with Crippen LogP contribution in [0, 0.1) is 0 Å². The quantitative estimate of drug-likeness (QED) is 0.0577. The molecule has 0 aliphatic heterocycles. The number of likely N-dealkylation sites (N-methyl/N-ethyl adjacent to an activating group) is 1. The zero-order valence-corrected chi connectivity index (χ0v) is 38.3. The molecule has 4 amide bonds. The van der Waals surface area contributed by atoms with E-state index in [1.54, 1.807) is 54.4 Å². The Hall–Kier alpha value is -5.91. The molecular weight excluding hydrogens is 819 g/mol. The molecule has 64 heavy (non-hydrogen) atoms. The largest absolute Gasteiger partial charge is 0.481 e. The first-order valence-electron chi connectivity index (χ1n) is 21.4. The summed E-state index contributed by atoms with van der Waals surface area (Å²) in [5, 5.41) is 36.8. The summed E-state index contributed by atoms with van der Waals surface area (Å²) in [7, 11) is 5.13. The van der Waals surface area contributed by atoms with Crippen LogP contribution < -0.4 is 20.7 Å². The van der Waals surface area contributed by atoms with Gasteiger partial charge in [-0.15, -0.1) is 0 Å². The minimum atomic E-state index is -1.51. The van der Waals surface area contributed by atoms with Crippen molar-refractivity contribution in [1.82, 2.24) is 25.0 Å². The molecule has 0 atom stereocenters. The minimum Gasteiger partial charge on any atom is -0.481 e. The lowest BCUT2D eigenvalue weighted by Gasteiger charge is -2.32. The maximum absolute atomic E-state index is 13.7. The van der Waals surface area contributed by atoms with Crippen LogP contribution in [0.4, 0.5) is 16.2 Å². The van der Waals surface area contributed by atoms with E-state index in [1.165, 1.54) is 7.11 Å². The van der Waals surface area contributed by atoms with E-state index in [1.807, 2.05) is 70.3 Å². The number of nitrogens with zero attached hydrogens (tertiary/aromatic N) is 4. The van der Waals surface area contributed by atoms with Gasteiger partial charge in [0.25, 0.3) is 17.7 Å². The summed E-state index contributed by atoms with van der Waals surface area (Å²) in [6, 6.07) is 25.0. The first-order chi connectivity index (χ1) is 30.4. The normalized spacial score (nSPS) is 11.7. The summed E-state index contributed by atoms with van der Waals surface area (Å²) in [5.41, 5.74) is 2.17. The highest BCUT2D eigenvalue weighted by Gasteiger charge is 2.30. The van der Waals surface area contributed by atoms with Crippen molar-refractivity contribution in [2.75, 3.05) is 64.7 Å². The van der Waals surface area contributed by atoms with Crippen molar-refractivity contribution in [1.29, 1.82) is 0 Å². The summed E-state index contributed by atoms with van der Waals surface area (Å²) in [6.07, 6.45) is 1.46. The Morgan fingerprint density at radius 3 is 1.88 bits per heavy atom. The molecule has 0 saturated carbocycles. The summed E-state index contributed by atoms with van der Waals surface area (Å²) >= 11 is 0. The van der Waals surface area contributed by atoms with E-state index in [0.29, 0.717) is 49.5 Å². The number of aromatic nitrogens is 1. The second kappa shape index (κ2) is 23.7. The third-order valence-corrected chi connectivity index (χ3v) is 10.6. The number of hydrogen-bond donors (Lipinski definition) is 6. The number of amides is 4. The second-order valence-electron chi connectivity index (χ2n) is 17.0. The van der Waals surface area contributed by atoms with Crippen LogP contribution in [-0.4, -0.2) is 130 Å². The number of carbonyl (C=O) groups excluding carboxylic acids is 4. The van der Waals surface area contributed by atoms with Crippen molar-refractivity contribution in [3.05, 3.63) is 118 Å². The molecule has 4 aromatic rings. The number of aliphatic hydroxyl groups excluding tert-OH is 3. The highest BCUT2D eigenvalue weighted by molar-refractivity contribution is 6.11. The van der Waals surface area contributed by atoms with Gasteiger partial charge in [0.1, 0.15) is 11.1 Å². The van der Waals surface area contributed by atoms with Gasteiger partial charge >= 0.3 is 6.09 Å². The van der Waals surface area contributed by atoms with Gasteiger partial charge in [-0.2, -0.15) is 0 Å². The van der Waals surface area contributed by atoms with Crippen LogP contribution in [0.2, 0.25) is 0 Å². The predicted molar refractivity (Wildman–Crippen MR) is 246 cm³/mol. The van der Waals surface area contributed by atoms with Crippen LogP contribution >= 0.6 is 0 Å². The number of pyridine rings is 1. The molecule has 1 aromatic heterocycles. The van der Waals surface area contributed by atoms with Crippen LogP contribution in [0.3, 0.4) is 0 Å². The van der Waals surface area contributed by atoms with Gasteiger partial charge in [-0.25, -0.2) is 9.78 Å². The van der Waals surface area contributed by atoms with Gasteiger partial charge < -0.3 is 45.6 Å². The Morgan fingerprint density at radius 1 is 0.703 bits per heavy atom. The predicted octanol–water partition coefficient (Wildman–Crippen LogP) is 5.53. The van der Waals surface area contributed by atoms with Gasteiger partial charge in [-0.3, -0.25) is 24.2 Å². The van der Waals surface area contributed by atoms with E-state index in [9.17, 15) is 34.5 Å². The highest BCUT2D eigenvalue weighted by atomic mass is 16.6. The molecule has 0 bridgehead atoms. The maximum atomic E-state index is 13.7. The lowest BCUT2D eigenvalue weighted by Crippen LogP contribution is -2.57. The van der Waals surface area contributed by atoms with E-state index in [-0.39, 0.29) is 29.4 Å². The first-order valence-corrected chi connectivity index (χ1v) is 21.4. The van der Waals surface area contributed by atoms with E-state index < -0.39 is 48.7 Å². The Kier molecular flexibility index (Phi) is 18.8. The molecule has 0 radical (unpaired) electrons. The topological polar surface area (TPSA) is 206 Å². The van der Waals surface area contributed by atoms with Crippen molar-refractivity contribution >= 4 is 35.2 Å². The third kappa shape index (κ3) is 14.8. The van der Waals surface area contributed by atoms with Gasteiger partial charge in [0.2, 0.25) is 5.88 Å². The summed E-state index contributed by atoms with van der Waals surface area (Å²) in [5.74, 6) is -1.28. The van der Waals surface area contributed by atoms with Crippen molar-refractivity contribution in [2.45, 2.75) is 84.3 Å². The highest BCUT2D eigenvalue weighted by Crippen LogP contribution is 2.23. The van der Waals surface area contributed by atoms with Crippen molar-refractivity contribution in [3.8, 4) is 5.88 Å². The van der Waals surface area contributed by atoms with E-state index in [2.05, 4.69) is 44.6 Å². The fourth-order valence-electron chi connectivity index (χ4n) is 6.88. The maximum Gasteiger partial charge on any atom is 0.410 e. The van der Waals surface area contributed by atoms with Crippen LogP contribution in [0.5, 0.6) is 5.88 Å². The van der Waals surface area contributed by atoms with E-state index >= 15 is 0 Å². The standard InChI is InChI=1S/C48H65N7O9/c1-9-39(10-2)55(25-24-54(7)46(62)64-47(3,4)5)29-35-12-11-13-37(26-35)43(59)50-40-22-23-41(63-8)51-42(40)45(61)49-38-20-16-34(17-21-38)28-53(6)27-33-14-18-36(19-15-33)44(60)52-48(30-56,31-57)32-58/h11-23,26,39,56-58H,9-10,24-25,27-32H2,1-8H3,(H,49,61)(H,50,59)(H,52,60). The summed E-state index contributed by atoms with van der Waals surface area (Å²) in [6.45, 7) is 10.8. The average molecular weight is 884 g/mol. The fourth-order valence-corrected chi connectivity index (χ4v) is 6.88. The zero-order chi connectivity index (χ0) is 47.0. The van der Waals surface area contributed by atoms with Gasteiger partial charge in [0.05, 0.1) is 32.6 Å².